The van der Waals surface area contributed by atoms with E-state index in [0.717, 1.165) is 30.8 Å². The van der Waals surface area contributed by atoms with E-state index in [2.05, 4.69) is 10.1 Å². The van der Waals surface area contributed by atoms with E-state index >= 15 is 0 Å². The molecule has 0 saturated heterocycles. The molecule has 5 heteroatoms. The Bertz CT molecular complexity index is 488. The van der Waals surface area contributed by atoms with E-state index in [4.69, 9.17) is 10.5 Å². The Hall–Kier alpha value is -1.88. The minimum Gasteiger partial charge on any atom is -0.493 e. The van der Waals surface area contributed by atoms with Crippen LogP contribution in [-0.4, -0.2) is 21.9 Å². The second kappa shape index (κ2) is 6.33. The number of nitrogens with zero attached hydrogens (tertiary/aromatic N) is 3. The fourth-order valence-electron chi connectivity index (χ4n) is 2.17. The monoisotopic (exact) mass is 260 g/mol. The fraction of sp³-hybridized carbons (Fsp3) is 0.429. The van der Waals surface area contributed by atoms with Crippen molar-refractivity contribution >= 4 is 0 Å². The number of nitrogens with two attached hydrogens (primary N) is 1. The molecule has 2 aromatic rings. The summed E-state index contributed by atoms with van der Waals surface area (Å²) in [6, 6.07) is 3.95. The molecule has 0 amide bonds. The van der Waals surface area contributed by atoms with Gasteiger partial charge < -0.3 is 10.5 Å². The number of hydrogen-bond donors (Lipinski definition) is 1. The van der Waals surface area contributed by atoms with Crippen LogP contribution in [0.25, 0.3) is 0 Å². The summed E-state index contributed by atoms with van der Waals surface area (Å²) in [4.78, 5) is 4.01. The molecule has 0 radical (unpaired) electrons. The normalized spacial score (nSPS) is 12.4. The van der Waals surface area contributed by atoms with Crippen LogP contribution < -0.4 is 10.5 Å². The van der Waals surface area contributed by atoms with Gasteiger partial charge in [0.1, 0.15) is 0 Å². The van der Waals surface area contributed by atoms with E-state index in [1.54, 1.807) is 25.7 Å². The maximum absolute atomic E-state index is 6.28. The van der Waals surface area contributed by atoms with E-state index in [1.165, 1.54) is 5.56 Å². The molecule has 1 atom stereocenters. The van der Waals surface area contributed by atoms with Gasteiger partial charge in [0.05, 0.1) is 25.0 Å². The first-order chi connectivity index (χ1) is 9.26. The standard InChI is InChI=1S/C14H20N4O/c1-3-18-14(13(19-2)10-17-18)12(15)5-4-11-6-8-16-9-7-11/h6-10,12H,3-5,15H2,1-2H3. The zero-order valence-electron chi connectivity index (χ0n) is 11.4. The minimum absolute atomic E-state index is 0.0782. The van der Waals surface area contributed by atoms with Gasteiger partial charge >= 0.3 is 0 Å². The first-order valence-corrected chi connectivity index (χ1v) is 6.50. The molecule has 0 bridgehead atoms. The number of hydrogen-bond acceptors (Lipinski definition) is 4. The molecule has 0 spiro atoms. The lowest BCUT2D eigenvalue weighted by Crippen LogP contribution is -2.17. The summed E-state index contributed by atoms with van der Waals surface area (Å²) in [5, 5.41) is 4.28. The quantitative estimate of drug-likeness (QED) is 0.862. The second-order valence-corrected chi connectivity index (χ2v) is 4.41. The zero-order valence-corrected chi connectivity index (χ0v) is 11.4. The summed E-state index contributed by atoms with van der Waals surface area (Å²) in [5.41, 5.74) is 8.50. The van der Waals surface area contributed by atoms with Crippen molar-refractivity contribution < 1.29 is 4.74 Å². The van der Waals surface area contributed by atoms with Gasteiger partial charge in [-0.1, -0.05) is 0 Å². The summed E-state index contributed by atoms with van der Waals surface area (Å²) in [6.45, 7) is 2.84. The van der Waals surface area contributed by atoms with Gasteiger partial charge in [0.25, 0.3) is 0 Å². The molecule has 2 rings (SSSR count). The molecule has 5 nitrogen and oxygen atoms in total. The van der Waals surface area contributed by atoms with E-state index in [1.807, 2.05) is 23.7 Å². The number of ether oxygens (including phenoxy) is 1. The van der Waals surface area contributed by atoms with Crippen LogP contribution in [0.3, 0.4) is 0 Å². The summed E-state index contributed by atoms with van der Waals surface area (Å²) < 4.78 is 7.23. The van der Waals surface area contributed by atoms with Crippen molar-refractivity contribution in [3.8, 4) is 5.75 Å². The Kier molecular flexibility index (Phi) is 4.52. The topological polar surface area (TPSA) is 66.0 Å². The number of aryl methyl sites for hydroxylation is 2. The number of rotatable bonds is 6. The van der Waals surface area contributed by atoms with Crippen molar-refractivity contribution in [1.82, 2.24) is 14.8 Å². The third-order valence-corrected chi connectivity index (χ3v) is 3.21. The first-order valence-electron chi connectivity index (χ1n) is 6.50. The highest BCUT2D eigenvalue weighted by molar-refractivity contribution is 5.28. The Labute approximate surface area is 113 Å². The fourth-order valence-corrected chi connectivity index (χ4v) is 2.17. The molecule has 2 heterocycles. The minimum atomic E-state index is -0.0782. The average molecular weight is 260 g/mol. The van der Waals surface area contributed by atoms with Gasteiger partial charge in [0, 0.05) is 18.9 Å². The number of pyridine rings is 1. The SMILES string of the molecule is CCn1ncc(OC)c1C(N)CCc1ccncc1. The molecule has 102 valence electrons. The van der Waals surface area contributed by atoms with Crippen LogP contribution in [0, 0.1) is 0 Å². The van der Waals surface area contributed by atoms with E-state index < -0.39 is 0 Å². The van der Waals surface area contributed by atoms with Crippen molar-refractivity contribution in [2.45, 2.75) is 32.4 Å². The van der Waals surface area contributed by atoms with Crippen LogP contribution in [-0.2, 0) is 13.0 Å². The molecular weight excluding hydrogens is 240 g/mol. The molecule has 0 aliphatic carbocycles. The van der Waals surface area contributed by atoms with E-state index in [0.29, 0.717) is 0 Å². The van der Waals surface area contributed by atoms with Crippen LogP contribution in [0.15, 0.2) is 30.7 Å². The van der Waals surface area contributed by atoms with E-state index in [9.17, 15) is 0 Å². The van der Waals surface area contributed by atoms with Crippen molar-refractivity contribution in [2.75, 3.05) is 7.11 Å². The van der Waals surface area contributed by atoms with Gasteiger partial charge in [-0.15, -0.1) is 0 Å². The molecule has 2 N–H and O–H groups in total. The number of methoxy groups -OCH3 is 1. The van der Waals surface area contributed by atoms with Crippen LogP contribution >= 0.6 is 0 Å². The number of aromatic nitrogens is 3. The lowest BCUT2D eigenvalue weighted by atomic mass is 10.0. The van der Waals surface area contributed by atoms with Crippen LogP contribution in [0.4, 0.5) is 0 Å². The smallest absolute Gasteiger partial charge is 0.161 e. The van der Waals surface area contributed by atoms with Gasteiger partial charge in [-0.05, 0) is 37.5 Å². The van der Waals surface area contributed by atoms with Gasteiger partial charge in [-0.3, -0.25) is 9.67 Å². The maximum Gasteiger partial charge on any atom is 0.161 e. The van der Waals surface area contributed by atoms with E-state index in [-0.39, 0.29) is 6.04 Å². The predicted octanol–water partition coefficient (Wildman–Crippen LogP) is 1.94. The molecule has 19 heavy (non-hydrogen) atoms. The highest BCUT2D eigenvalue weighted by atomic mass is 16.5. The third kappa shape index (κ3) is 3.12. The maximum atomic E-state index is 6.28. The average Bonchev–Trinajstić information content (AvgIpc) is 2.89. The van der Waals surface area contributed by atoms with Crippen LogP contribution in [0.2, 0.25) is 0 Å². The summed E-state index contributed by atoms with van der Waals surface area (Å²) >= 11 is 0. The van der Waals surface area contributed by atoms with Gasteiger partial charge in [0.2, 0.25) is 0 Å². The largest absolute Gasteiger partial charge is 0.493 e. The van der Waals surface area contributed by atoms with Crippen LogP contribution in [0.1, 0.15) is 30.6 Å². The zero-order chi connectivity index (χ0) is 13.7. The lowest BCUT2D eigenvalue weighted by Gasteiger charge is -2.15. The highest BCUT2D eigenvalue weighted by Crippen LogP contribution is 2.26. The molecule has 0 aliphatic rings. The lowest BCUT2D eigenvalue weighted by molar-refractivity contribution is 0.399. The van der Waals surface area contributed by atoms with Crippen molar-refractivity contribution in [2.24, 2.45) is 5.73 Å². The predicted molar refractivity (Wildman–Crippen MR) is 73.9 cm³/mol. The van der Waals surface area contributed by atoms with Gasteiger partial charge in [-0.25, -0.2) is 0 Å². The summed E-state index contributed by atoms with van der Waals surface area (Å²) in [7, 11) is 1.65. The Morgan fingerprint density at radius 1 is 1.37 bits per heavy atom. The van der Waals surface area contributed by atoms with Gasteiger partial charge in [-0.2, -0.15) is 5.10 Å². The molecular formula is C14H20N4O. The Morgan fingerprint density at radius 2 is 2.11 bits per heavy atom. The molecule has 0 saturated carbocycles. The highest BCUT2D eigenvalue weighted by Gasteiger charge is 2.17. The first kappa shape index (κ1) is 13.5. The molecule has 2 aromatic heterocycles. The molecule has 0 fully saturated rings. The van der Waals surface area contributed by atoms with Crippen molar-refractivity contribution in [3.05, 3.63) is 42.0 Å². The van der Waals surface area contributed by atoms with Crippen LogP contribution in [0.5, 0.6) is 5.75 Å². The molecule has 0 aromatic carbocycles. The van der Waals surface area contributed by atoms with Crippen molar-refractivity contribution in [3.63, 3.8) is 0 Å². The molecule has 0 aliphatic heterocycles. The van der Waals surface area contributed by atoms with Crippen molar-refractivity contribution in [1.29, 1.82) is 0 Å². The molecule has 1 unspecified atom stereocenters. The Balaban J connectivity index is 2.07. The van der Waals surface area contributed by atoms with Gasteiger partial charge in [0.15, 0.2) is 5.75 Å². The second-order valence-electron chi connectivity index (χ2n) is 4.41. The summed E-state index contributed by atoms with van der Waals surface area (Å²) in [6.07, 6.45) is 7.11. The third-order valence-electron chi connectivity index (χ3n) is 3.21. The Morgan fingerprint density at radius 3 is 2.74 bits per heavy atom. The summed E-state index contributed by atoms with van der Waals surface area (Å²) in [5.74, 6) is 0.768.